The fourth-order valence-corrected chi connectivity index (χ4v) is 3.14. The van der Waals surface area contributed by atoms with E-state index in [2.05, 4.69) is 0 Å². The lowest BCUT2D eigenvalue weighted by atomic mass is 9.87. The molecular weight excluding hydrogens is 296 g/mol. The van der Waals surface area contributed by atoms with Crippen LogP contribution in [-0.4, -0.2) is 24.4 Å². The molecule has 0 aromatic heterocycles. The molecule has 1 aromatic carbocycles. The lowest BCUT2D eigenvalue weighted by Crippen LogP contribution is -2.31. The maximum atomic E-state index is 12.2. The fourth-order valence-electron chi connectivity index (χ4n) is 3.14. The minimum Gasteiger partial charge on any atom is -0.346 e. The van der Waals surface area contributed by atoms with E-state index < -0.39 is 0 Å². The van der Waals surface area contributed by atoms with Crippen molar-refractivity contribution in [3.05, 3.63) is 35.9 Å². The van der Waals surface area contributed by atoms with Gasteiger partial charge in [0, 0.05) is 26.1 Å². The molecule has 0 saturated heterocycles. The van der Waals surface area contributed by atoms with Gasteiger partial charge in [-0.25, -0.2) is 0 Å². The van der Waals surface area contributed by atoms with Gasteiger partial charge >= 0.3 is 0 Å². The molecule has 4 heteroatoms. The van der Waals surface area contributed by atoms with Crippen molar-refractivity contribution < 1.29 is 4.79 Å². The number of carbonyl (C=O) groups is 1. The number of hydrogen-bond acceptors (Lipinski definition) is 2. The number of nitrogens with two attached hydrogens (primary N) is 1. The average Bonchev–Trinajstić information content (AvgIpc) is 2.54. The van der Waals surface area contributed by atoms with E-state index in [1.54, 1.807) is 0 Å². The zero-order valence-electron chi connectivity index (χ0n) is 13.5. The molecule has 1 unspecified atom stereocenters. The molecule has 3 nitrogen and oxygen atoms in total. The van der Waals surface area contributed by atoms with Gasteiger partial charge in [0.25, 0.3) is 0 Å². The molecule has 1 fully saturated rings. The molecule has 0 radical (unpaired) electrons. The van der Waals surface area contributed by atoms with E-state index in [4.69, 9.17) is 5.73 Å². The van der Waals surface area contributed by atoms with Crippen molar-refractivity contribution in [2.75, 3.05) is 13.6 Å². The predicted molar refractivity (Wildman–Crippen MR) is 94.1 cm³/mol. The standard InChI is InChI=1S/C18H28N2O.ClH/c1-20(13-12-15-8-4-2-5-9-15)18(21)14-17(19)16-10-6-3-7-11-16;/h3,6-7,10-11,15,17H,2,4-5,8-9,12-14,19H2,1H3;1H. The highest BCUT2D eigenvalue weighted by atomic mass is 35.5. The first kappa shape index (κ1) is 19.0. The normalized spacial score (nSPS) is 16.6. The Balaban J connectivity index is 0.00000242. The molecule has 0 aliphatic heterocycles. The van der Waals surface area contributed by atoms with E-state index >= 15 is 0 Å². The molecule has 1 saturated carbocycles. The van der Waals surface area contributed by atoms with Crippen LogP contribution in [-0.2, 0) is 4.79 Å². The molecule has 0 spiro atoms. The van der Waals surface area contributed by atoms with Crippen LogP contribution in [0.25, 0.3) is 0 Å². The second-order valence-electron chi connectivity index (χ2n) is 6.33. The van der Waals surface area contributed by atoms with Crippen LogP contribution >= 0.6 is 12.4 Å². The summed E-state index contributed by atoms with van der Waals surface area (Å²) >= 11 is 0. The molecule has 1 aliphatic carbocycles. The van der Waals surface area contributed by atoms with E-state index in [9.17, 15) is 4.79 Å². The van der Waals surface area contributed by atoms with Gasteiger partial charge in [-0.2, -0.15) is 0 Å². The lowest BCUT2D eigenvalue weighted by molar-refractivity contribution is -0.130. The minimum absolute atomic E-state index is 0. The Labute approximate surface area is 140 Å². The van der Waals surface area contributed by atoms with E-state index in [0.29, 0.717) is 6.42 Å². The minimum atomic E-state index is -0.198. The lowest BCUT2D eigenvalue weighted by Gasteiger charge is -2.25. The molecule has 1 aliphatic rings. The zero-order chi connectivity index (χ0) is 15.1. The summed E-state index contributed by atoms with van der Waals surface area (Å²) in [5, 5.41) is 0. The van der Waals surface area contributed by atoms with E-state index in [1.807, 2.05) is 42.3 Å². The molecule has 2 rings (SSSR count). The SMILES string of the molecule is CN(CCC1CCCCC1)C(=O)CC(N)c1ccccc1.Cl. The predicted octanol–water partition coefficient (Wildman–Crippen LogP) is 3.93. The third-order valence-electron chi connectivity index (χ3n) is 4.65. The van der Waals surface area contributed by atoms with Crippen LogP contribution in [0.4, 0.5) is 0 Å². The maximum absolute atomic E-state index is 12.2. The number of nitrogens with zero attached hydrogens (tertiary/aromatic N) is 1. The number of halogens is 1. The third kappa shape index (κ3) is 5.98. The summed E-state index contributed by atoms with van der Waals surface area (Å²) < 4.78 is 0. The number of rotatable bonds is 6. The summed E-state index contributed by atoms with van der Waals surface area (Å²) in [6.07, 6.45) is 8.32. The largest absolute Gasteiger partial charge is 0.346 e. The fraction of sp³-hybridized carbons (Fsp3) is 0.611. The topological polar surface area (TPSA) is 46.3 Å². The van der Waals surface area contributed by atoms with Gasteiger partial charge in [0.05, 0.1) is 0 Å². The highest BCUT2D eigenvalue weighted by Crippen LogP contribution is 2.26. The second-order valence-corrected chi connectivity index (χ2v) is 6.33. The second kappa shape index (κ2) is 9.86. The molecule has 1 amide bonds. The van der Waals surface area contributed by atoms with Gasteiger partial charge in [-0.15, -0.1) is 12.4 Å². The summed E-state index contributed by atoms with van der Waals surface area (Å²) in [7, 11) is 1.91. The highest BCUT2D eigenvalue weighted by molar-refractivity contribution is 5.85. The first-order chi connectivity index (χ1) is 10.2. The van der Waals surface area contributed by atoms with Crippen molar-refractivity contribution in [2.45, 2.75) is 51.0 Å². The first-order valence-corrected chi connectivity index (χ1v) is 8.21. The van der Waals surface area contributed by atoms with Crippen molar-refractivity contribution >= 4 is 18.3 Å². The van der Waals surface area contributed by atoms with Gasteiger partial charge in [0.1, 0.15) is 0 Å². The van der Waals surface area contributed by atoms with Gasteiger partial charge in [-0.1, -0.05) is 62.4 Å². The Morgan fingerprint density at radius 2 is 1.86 bits per heavy atom. The number of hydrogen-bond donors (Lipinski definition) is 1. The van der Waals surface area contributed by atoms with Crippen LogP contribution < -0.4 is 5.73 Å². The van der Waals surface area contributed by atoms with Crippen LogP contribution in [0.1, 0.15) is 56.6 Å². The molecule has 2 N–H and O–H groups in total. The summed E-state index contributed by atoms with van der Waals surface area (Å²) in [4.78, 5) is 14.1. The quantitative estimate of drug-likeness (QED) is 0.861. The van der Waals surface area contributed by atoms with Crippen molar-refractivity contribution in [1.29, 1.82) is 0 Å². The van der Waals surface area contributed by atoms with Crippen LogP contribution in [0, 0.1) is 5.92 Å². The van der Waals surface area contributed by atoms with Crippen molar-refractivity contribution in [3.63, 3.8) is 0 Å². The first-order valence-electron chi connectivity index (χ1n) is 8.21. The van der Waals surface area contributed by atoms with Crippen LogP contribution in [0.15, 0.2) is 30.3 Å². The van der Waals surface area contributed by atoms with Crippen LogP contribution in [0.2, 0.25) is 0 Å². The molecule has 0 bridgehead atoms. The molecule has 0 heterocycles. The Kier molecular flexibility index (Phi) is 8.51. The van der Waals surface area contributed by atoms with Crippen molar-refractivity contribution in [3.8, 4) is 0 Å². The third-order valence-corrected chi connectivity index (χ3v) is 4.65. The summed E-state index contributed by atoms with van der Waals surface area (Å²) in [6, 6.07) is 9.67. The molecule has 1 atom stereocenters. The van der Waals surface area contributed by atoms with Gasteiger partial charge in [0.15, 0.2) is 0 Å². The smallest absolute Gasteiger partial charge is 0.224 e. The summed E-state index contributed by atoms with van der Waals surface area (Å²) in [6.45, 7) is 0.866. The summed E-state index contributed by atoms with van der Waals surface area (Å²) in [5.41, 5.74) is 7.16. The van der Waals surface area contributed by atoms with Crippen LogP contribution in [0.5, 0.6) is 0 Å². The van der Waals surface area contributed by atoms with E-state index in [1.165, 1.54) is 32.1 Å². The van der Waals surface area contributed by atoms with Crippen LogP contribution in [0.3, 0.4) is 0 Å². The van der Waals surface area contributed by atoms with Gasteiger partial charge in [-0.3, -0.25) is 4.79 Å². The number of amides is 1. The monoisotopic (exact) mass is 324 g/mol. The van der Waals surface area contributed by atoms with Gasteiger partial charge < -0.3 is 10.6 Å². The highest BCUT2D eigenvalue weighted by Gasteiger charge is 2.18. The maximum Gasteiger partial charge on any atom is 0.224 e. The Morgan fingerprint density at radius 1 is 1.23 bits per heavy atom. The average molecular weight is 325 g/mol. The van der Waals surface area contributed by atoms with Crippen molar-refractivity contribution in [2.24, 2.45) is 11.7 Å². The van der Waals surface area contributed by atoms with E-state index in [0.717, 1.165) is 24.4 Å². The Hall–Kier alpha value is -1.06. The van der Waals surface area contributed by atoms with Crippen molar-refractivity contribution in [1.82, 2.24) is 4.90 Å². The van der Waals surface area contributed by atoms with Gasteiger partial charge in [-0.05, 0) is 17.9 Å². The Morgan fingerprint density at radius 3 is 2.50 bits per heavy atom. The van der Waals surface area contributed by atoms with Gasteiger partial charge in [0.2, 0.25) is 5.91 Å². The molecular formula is C18H29ClN2O. The zero-order valence-corrected chi connectivity index (χ0v) is 14.4. The van der Waals surface area contributed by atoms with E-state index in [-0.39, 0.29) is 24.4 Å². The molecule has 1 aromatic rings. The Bertz CT molecular complexity index is 432. The summed E-state index contributed by atoms with van der Waals surface area (Å²) in [5.74, 6) is 0.971. The number of carbonyl (C=O) groups excluding carboxylic acids is 1. The molecule has 124 valence electrons. The number of benzene rings is 1. The molecule has 22 heavy (non-hydrogen) atoms.